The number of hydrogen-bond acceptors (Lipinski definition) is 4. The lowest BCUT2D eigenvalue weighted by molar-refractivity contribution is 0.101. The van der Waals surface area contributed by atoms with E-state index in [1.54, 1.807) is 19.2 Å². The topological polar surface area (TPSA) is 44.8 Å². The van der Waals surface area contributed by atoms with Crippen molar-refractivity contribution in [1.82, 2.24) is 0 Å². The van der Waals surface area contributed by atoms with Crippen molar-refractivity contribution in [3.8, 4) is 29.1 Å². The minimum atomic E-state index is -0.0580. The van der Waals surface area contributed by atoms with Gasteiger partial charge in [0.25, 0.3) is 0 Å². The maximum atomic E-state index is 11.8. The van der Waals surface area contributed by atoms with Crippen LogP contribution in [0.25, 0.3) is 0 Å². The van der Waals surface area contributed by atoms with E-state index in [2.05, 4.69) is 11.8 Å². The van der Waals surface area contributed by atoms with Gasteiger partial charge in [0, 0.05) is 22.8 Å². The van der Waals surface area contributed by atoms with Crippen molar-refractivity contribution in [2.75, 3.05) is 13.9 Å². The summed E-state index contributed by atoms with van der Waals surface area (Å²) in [6.07, 6.45) is 0. The zero-order chi connectivity index (χ0) is 15.5. The summed E-state index contributed by atoms with van der Waals surface area (Å²) in [5.74, 6) is 7.99. The second-order valence-corrected chi connectivity index (χ2v) is 4.79. The van der Waals surface area contributed by atoms with Gasteiger partial charge in [-0.3, -0.25) is 4.79 Å². The first-order valence-electron chi connectivity index (χ1n) is 6.78. The van der Waals surface area contributed by atoms with Gasteiger partial charge in [-0.05, 0) is 37.3 Å². The van der Waals surface area contributed by atoms with Gasteiger partial charge < -0.3 is 14.2 Å². The summed E-state index contributed by atoms with van der Waals surface area (Å²) in [7, 11) is 1.62. The Bertz CT molecular complexity index is 779. The zero-order valence-corrected chi connectivity index (χ0v) is 12.3. The van der Waals surface area contributed by atoms with Gasteiger partial charge in [0.15, 0.2) is 17.3 Å². The molecule has 1 heterocycles. The number of carbonyl (C=O) groups excluding carboxylic acids is 1. The highest BCUT2D eigenvalue weighted by Crippen LogP contribution is 2.34. The molecule has 2 aromatic carbocycles. The number of ether oxygens (including phenoxy) is 3. The molecule has 3 rings (SSSR count). The molecule has 0 aromatic heterocycles. The lowest BCUT2D eigenvalue weighted by Crippen LogP contribution is -1.97. The van der Waals surface area contributed by atoms with Gasteiger partial charge in [0.1, 0.15) is 5.75 Å². The van der Waals surface area contributed by atoms with Crippen LogP contribution in [0.15, 0.2) is 36.4 Å². The number of ketones is 1. The Morgan fingerprint density at radius 1 is 1.09 bits per heavy atom. The number of hydrogen-bond donors (Lipinski definition) is 0. The monoisotopic (exact) mass is 294 g/mol. The van der Waals surface area contributed by atoms with Crippen LogP contribution in [0.5, 0.6) is 17.2 Å². The smallest absolute Gasteiger partial charge is 0.231 e. The fourth-order valence-electron chi connectivity index (χ4n) is 2.15. The summed E-state index contributed by atoms with van der Waals surface area (Å²) in [4.78, 5) is 11.8. The zero-order valence-electron chi connectivity index (χ0n) is 12.3. The van der Waals surface area contributed by atoms with Crippen LogP contribution in [0.2, 0.25) is 0 Å². The summed E-state index contributed by atoms with van der Waals surface area (Å²) in [5, 5.41) is 0. The van der Waals surface area contributed by atoms with Crippen LogP contribution >= 0.6 is 0 Å². The van der Waals surface area contributed by atoms with Crippen LogP contribution < -0.4 is 14.2 Å². The molecular weight excluding hydrogens is 280 g/mol. The van der Waals surface area contributed by atoms with Crippen LogP contribution in [-0.2, 0) is 0 Å². The van der Waals surface area contributed by atoms with Crippen molar-refractivity contribution in [2.24, 2.45) is 0 Å². The van der Waals surface area contributed by atoms with Gasteiger partial charge in [0.05, 0.1) is 7.11 Å². The number of rotatable bonds is 2. The lowest BCUT2D eigenvalue weighted by Gasteiger charge is -2.03. The van der Waals surface area contributed by atoms with E-state index in [4.69, 9.17) is 14.2 Å². The molecule has 110 valence electrons. The summed E-state index contributed by atoms with van der Waals surface area (Å²) in [6.45, 7) is 1.68. The van der Waals surface area contributed by atoms with Crippen molar-refractivity contribution >= 4 is 5.78 Å². The Morgan fingerprint density at radius 2 is 1.77 bits per heavy atom. The molecule has 4 nitrogen and oxygen atoms in total. The predicted molar refractivity (Wildman–Crippen MR) is 81.5 cm³/mol. The molecule has 22 heavy (non-hydrogen) atoms. The Morgan fingerprint density at radius 3 is 2.41 bits per heavy atom. The van der Waals surface area contributed by atoms with Crippen LogP contribution in [0.3, 0.4) is 0 Å². The lowest BCUT2D eigenvalue weighted by atomic mass is 10.0. The molecule has 2 aromatic rings. The van der Waals surface area contributed by atoms with E-state index in [9.17, 15) is 4.79 Å². The first-order valence-corrected chi connectivity index (χ1v) is 6.78. The Hall–Kier alpha value is -2.93. The Balaban J connectivity index is 1.98. The third-order valence-electron chi connectivity index (χ3n) is 3.32. The molecule has 0 N–H and O–H groups in total. The van der Waals surface area contributed by atoms with Gasteiger partial charge in [-0.25, -0.2) is 0 Å². The maximum Gasteiger partial charge on any atom is 0.231 e. The van der Waals surface area contributed by atoms with Crippen LogP contribution in [0.4, 0.5) is 0 Å². The number of fused-ring (bicyclic) bond motifs is 1. The van der Waals surface area contributed by atoms with E-state index >= 15 is 0 Å². The van der Waals surface area contributed by atoms with Gasteiger partial charge in [-0.2, -0.15) is 0 Å². The van der Waals surface area contributed by atoms with E-state index in [1.165, 1.54) is 6.92 Å². The molecule has 0 fully saturated rings. The molecule has 0 amide bonds. The van der Waals surface area contributed by atoms with Crippen molar-refractivity contribution in [1.29, 1.82) is 0 Å². The maximum absolute atomic E-state index is 11.8. The highest BCUT2D eigenvalue weighted by molar-refractivity contribution is 5.97. The summed E-state index contributed by atoms with van der Waals surface area (Å²) < 4.78 is 15.7. The number of methoxy groups -OCH3 is 1. The average Bonchev–Trinajstić information content (AvgIpc) is 2.99. The average molecular weight is 294 g/mol. The van der Waals surface area contributed by atoms with E-state index in [-0.39, 0.29) is 12.6 Å². The highest BCUT2D eigenvalue weighted by Gasteiger charge is 2.18. The van der Waals surface area contributed by atoms with E-state index in [0.717, 1.165) is 11.3 Å². The fraction of sp³-hybridized carbons (Fsp3) is 0.167. The van der Waals surface area contributed by atoms with E-state index < -0.39 is 0 Å². The first-order chi connectivity index (χ1) is 10.7. The molecule has 0 unspecified atom stereocenters. The molecule has 0 saturated carbocycles. The standard InChI is InChI=1S/C18H14O4/c1-12(19)16-10-18-17(21-11-22-18)9-14(16)6-3-13-4-7-15(20-2)8-5-13/h4-5,7-10H,11H2,1-2H3. The first kappa shape index (κ1) is 14.0. The third-order valence-corrected chi connectivity index (χ3v) is 3.32. The number of benzene rings is 2. The molecule has 0 atom stereocenters. The van der Waals surface area contributed by atoms with Gasteiger partial charge in [0.2, 0.25) is 6.79 Å². The van der Waals surface area contributed by atoms with E-state index in [0.29, 0.717) is 22.6 Å². The molecule has 0 aliphatic carbocycles. The van der Waals surface area contributed by atoms with Crippen LogP contribution in [0, 0.1) is 11.8 Å². The second kappa shape index (κ2) is 5.82. The predicted octanol–water partition coefficient (Wildman–Crippen LogP) is 3.03. The number of carbonyl (C=O) groups is 1. The van der Waals surface area contributed by atoms with Crippen molar-refractivity contribution in [3.63, 3.8) is 0 Å². The summed E-state index contributed by atoms with van der Waals surface area (Å²) in [6, 6.07) is 10.8. The quantitative estimate of drug-likeness (QED) is 0.631. The van der Waals surface area contributed by atoms with Crippen LogP contribution in [0.1, 0.15) is 28.4 Å². The van der Waals surface area contributed by atoms with Gasteiger partial charge in [-0.1, -0.05) is 11.8 Å². The largest absolute Gasteiger partial charge is 0.497 e. The van der Waals surface area contributed by atoms with Gasteiger partial charge in [-0.15, -0.1) is 0 Å². The van der Waals surface area contributed by atoms with E-state index in [1.807, 2.05) is 24.3 Å². The molecular formula is C18H14O4. The summed E-state index contributed by atoms with van der Waals surface area (Å²) >= 11 is 0. The SMILES string of the molecule is COc1ccc(C#Cc2cc3c(cc2C(C)=O)OCO3)cc1. The molecule has 0 bridgehead atoms. The highest BCUT2D eigenvalue weighted by atomic mass is 16.7. The summed E-state index contributed by atoms with van der Waals surface area (Å²) in [5.41, 5.74) is 2.01. The third kappa shape index (κ3) is 2.75. The normalized spacial score (nSPS) is 11.5. The van der Waals surface area contributed by atoms with Crippen molar-refractivity contribution in [2.45, 2.75) is 6.92 Å². The molecule has 1 aliphatic rings. The second-order valence-electron chi connectivity index (χ2n) is 4.79. The minimum absolute atomic E-state index is 0.0580. The molecule has 0 spiro atoms. The fourth-order valence-corrected chi connectivity index (χ4v) is 2.15. The molecule has 1 aliphatic heterocycles. The van der Waals surface area contributed by atoms with Crippen molar-refractivity contribution in [3.05, 3.63) is 53.1 Å². The van der Waals surface area contributed by atoms with Crippen LogP contribution in [-0.4, -0.2) is 19.7 Å². The molecule has 0 radical (unpaired) electrons. The molecule has 0 saturated heterocycles. The van der Waals surface area contributed by atoms with Crippen molar-refractivity contribution < 1.29 is 19.0 Å². The van der Waals surface area contributed by atoms with Gasteiger partial charge >= 0.3 is 0 Å². The Labute approximate surface area is 128 Å². The molecule has 4 heteroatoms. The number of Topliss-reactive ketones (excluding diaryl/α,β-unsaturated/α-hetero) is 1. The Kier molecular flexibility index (Phi) is 3.71. The minimum Gasteiger partial charge on any atom is -0.497 e.